The van der Waals surface area contributed by atoms with Gasteiger partial charge in [0.2, 0.25) is 5.91 Å². The molecule has 0 unspecified atom stereocenters. The summed E-state index contributed by atoms with van der Waals surface area (Å²) in [5, 5.41) is 14.3. The van der Waals surface area contributed by atoms with Gasteiger partial charge in [-0.15, -0.1) is 10.2 Å². The van der Waals surface area contributed by atoms with Crippen molar-refractivity contribution in [2.75, 3.05) is 24.3 Å². The monoisotopic (exact) mass is 415 g/mol. The molecule has 1 aromatic heterocycles. The highest BCUT2D eigenvalue weighted by Crippen LogP contribution is 2.46. The molecule has 0 saturated heterocycles. The zero-order valence-electron chi connectivity index (χ0n) is 15.7. The van der Waals surface area contributed by atoms with E-state index in [0.717, 1.165) is 36.7 Å². The predicted octanol–water partition coefficient (Wildman–Crippen LogP) is 2.70. The van der Waals surface area contributed by atoms with Crippen molar-refractivity contribution < 1.29 is 19.1 Å². The van der Waals surface area contributed by atoms with Gasteiger partial charge < -0.3 is 19.4 Å². The second-order valence-electron chi connectivity index (χ2n) is 7.37. The number of carbonyl (C=O) groups is 2. The fourth-order valence-corrected chi connectivity index (χ4v) is 4.07. The second kappa shape index (κ2) is 7.58. The van der Waals surface area contributed by atoms with Crippen LogP contribution in [0, 0.1) is 0 Å². The first-order valence-electron chi connectivity index (χ1n) is 9.75. The van der Waals surface area contributed by atoms with E-state index >= 15 is 0 Å². The summed E-state index contributed by atoms with van der Waals surface area (Å²) in [4.78, 5) is 24.3. The van der Waals surface area contributed by atoms with Crippen LogP contribution in [-0.4, -0.2) is 45.7 Å². The molecule has 2 aromatic rings. The first-order chi connectivity index (χ1) is 14.2. The number of ether oxygens (including phenoxy) is 2. The maximum atomic E-state index is 12.2. The van der Waals surface area contributed by atoms with Crippen molar-refractivity contribution in [3.8, 4) is 11.5 Å². The minimum atomic E-state index is -0.588. The number of urea groups is 1. The van der Waals surface area contributed by atoms with E-state index in [9.17, 15) is 9.59 Å². The number of anilines is 1. The van der Waals surface area contributed by atoms with Gasteiger partial charge in [0, 0.05) is 23.7 Å². The summed E-state index contributed by atoms with van der Waals surface area (Å²) in [5.74, 6) is 2.49. The van der Waals surface area contributed by atoms with Gasteiger partial charge in [-0.3, -0.25) is 10.1 Å². The molecule has 2 aliphatic carbocycles. The summed E-state index contributed by atoms with van der Waals surface area (Å²) >= 11 is 1.32. The maximum Gasteiger partial charge on any atom is 0.325 e. The predicted molar refractivity (Wildman–Crippen MR) is 106 cm³/mol. The van der Waals surface area contributed by atoms with Crippen molar-refractivity contribution in [3.63, 3.8) is 0 Å². The summed E-state index contributed by atoms with van der Waals surface area (Å²) in [7, 11) is 0. The van der Waals surface area contributed by atoms with Gasteiger partial charge >= 0.3 is 6.03 Å². The average Bonchev–Trinajstić information content (AvgIpc) is 3.65. The Balaban J connectivity index is 1.15. The number of hydrogen-bond acceptors (Lipinski definition) is 7. The number of fused-ring (bicyclic) bond motifs is 1. The van der Waals surface area contributed by atoms with Gasteiger partial charge in [-0.2, -0.15) is 0 Å². The van der Waals surface area contributed by atoms with E-state index < -0.39 is 6.03 Å². The van der Waals surface area contributed by atoms with Crippen LogP contribution in [-0.2, 0) is 4.79 Å². The smallest absolute Gasteiger partial charge is 0.325 e. The molecule has 1 aromatic carbocycles. The van der Waals surface area contributed by atoms with E-state index in [0.29, 0.717) is 42.4 Å². The summed E-state index contributed by atoms with van der Waals surface area (Å²) in [6, 6.07) is 4.97. The lowest BCUT2D eigenvalue weighted by Gasteiger charge is -2.19. The van der Waals surface area contributed by atoms with Crippen molar-refractivity contribution >= 4 is 29.4 Å². The first-order valence-corrected chi connectivity index (χ1v) is 10.7. The lowest BCUT2D eigenvalue weighted by Crippen LogP contribution is -2.35. The number of hydrogen-bond donors (Lipinski definition) is 2. The van der Waals surface area contributed by atoms with Gasteiger partial charge in [0.05, 0.1) is 5.75 Å². The van der Waals surface area contributed by atoms with Gasteiger partial charge in [-0.05, 0) is 37.8 Å². The second-order valence-corrected chi connectivity index (χ2v) is 8.31. The molecule has 2 saturated carbocycles. The summed E-state index contributed by atoms with van der Waals surface area (Å²) in [6.07, 6.45) is 4.59. The van der Waals surface area contributed by atoms with Crippen LogP contribution in [0.15, 0.2) is 23.4 Å². The number of imide groups is 1. The molecule has 3 amide bonds. The number of carbonyl (C=O) groups excluding carboxylic acids is 2. The van der Waals surface area contributed by atoms with Crippen molar-refractivity contribution in [3.05, 3.63) is 24.0 Å². The van der Waals surface area contributed by atoms with E-state index in [2.05, 4.69) is 25.4 Å². The zero-order valence-corrected chi connectivity index (χ0v) is 16.5. The molecule has 29 heavy (non-hydrogen) atoms. The summed E-state index contributed by atoms with van der Waals surface area (Å²) < 4.78 is 13.1. The number of thioether (sulfide) groups is 1. The standard InChI is InChI=1S/C19H21N5O4S/c25-16(10-29-19-23-22-17(11-1-2-11)24(19)13-4-5-13)21-18(26)20-12-3-6-14-15(9-12)28-8-7-27-14/h3,6,9,11,13H,1-2,4-5,7-8,10H2,(H2,20,21,25,26). The first kappa shape index (κ1) is 18.3. The Labute approximate surface area is 171 Å². The van der Waals surface area contributed by atoms with E-state index in [1.807, 2.05) is 0 Å². The van der Waals surface area contributed by atoms with Crippen molar-refractivity contribution in [2.45, 2.75) is 42.8 Å². The highest BCUT2D eigenvalue weighted by molar-refractivity contribution is 7.99. The molecular formula is C19H21N5O4S. The highest BCUT2D eigenvalue weighted by atomic mass is 32.2. The van der Waals surface area contributed by atoms with Gasteiger partial charge in [0.1, 0.15) is 19.0 Å². The number of nitrogens with zero attached hydrogens (tertiary/aromatic N) is 3. The number of rotatable bonds is 6. The third kappa shape index (κ3) is 4.16. The van der Waals surface area contributed by atoms with Crippen LogP contribution in [0.1, 0.15) is 43.5 Å². The van der Waals surface area contributed by atoms with Crippen molar-refractivity contribution in [1.82, 2.24) is 20.1 Å². The minimum absolute atomic E-state index is 0.101. The van der Waals surface area contributed by atoms with E-state index in [4.69, 9.17) is 9.47 Å². The van der Waals surface area contributed by atoms with Crippen LogP contribution in [0.4, 0.5) is 10.5 Å². The van der Waals surface area contributed by atoms with Crippen LogP contribution < -0.4 is 20.1 Å². The Morgan fingerprint density at radius 2 is 1.90 bits per heavy atom. The van der Waals surface area contributed by atoms with Gasteiger partial charge in [-0.25, -0.2) is 4.79 Å². The van der Waals surface area contributed by atoms with Gasteiger partial charge in [0.15, 0.2) is 16.7 Å². The molecule has 0 bridgehead atoms. The molecule has 5 rings (SSSR count). The molecular weight excluding hydrogens is 394 g/mol. The number of nitrogens with one attached hydrogen (secondary N) is 2. The Hall–Kier alpha value is -2.75. The molecule has 1 aliphatic heterocycles. The molecule has 10 heteroatoms. The summed E-state index contributed by atoms with van der Waals surface area (Å²) in [6.45, 7) is 0.968. The highest BCUT2D eigenvalue weighted by Gasteiger charge is 2.36. The fraction of sp³-hybridized carbons (Fsp3) is 0.474. The number of aromatic nitrogens is 3. The van der Waals surface area contributed by atoms with Gasteiger partial charge in [0.25, 0.3) is 0 Å². The van der Waals surface area contributed by atoms with E-state index in [-0.39, 0.29) is 11.7 Å². The molecule has 0 spiro atoms. The molecule has 3 aliphatic rings. The average molecular weight is 415 g/mol. The SMILES string of the molecule is O=C(CSc1nnc(C2CC2)n1C1CC1)NC(=O)Nc1ccc2c(c1)OCCO2. The molecule has 9 nitrogen and oxygen atoms in total. The van der Waals surface area contributed by atoms with Crippen LogP contribution >= 0.6 is 11.8 Å². The van der Waals surface area contributed by atoms with Crippen molar-refractivity contribution in [2.24, 2.45) is 0 Å². The Bertz CT molecular complexity index is 954. The molecule has 152 valence electrons. The van der Waals surface area contributed by atoms with Crippen LogP contribution in [0.5, 0.6) is 11.5 Å². The molecule has 2 N–H and O–H groups in total. The van der Waals surface area contributed by atoms with E-state index in [1.165, 1.54) is 11.8 Å². The third-order valence-electron chi connectivity index (χ3n) is 4.93. The zero-order chi connectivity index (χ0) is 19.8. The lowest BCUT2D eigenvalue weighted by atomic mass is 10.2. The topological polar surface area (TPSA) is 107 Å². The lowest BCUT2D eigenvalue weighted by molar-refractivity contribution is -0.117. The molecule has 2 heterocycles. The minimum Gasteiger partial charge on any atom is -0.486 e. The Morgan fingerprint density at radius 3 is 2.66 bits per heavy atom. The molecule has 2 fully saturated rings. The van der Waals surface area contributed by atoms with E-state index in [1.54, 1.807) is 18.2 Å². The quantitative estimate of drug-likeness (QED) is 0.699. The maximum absolute atomic E-state index is 12.2. The Kier molecular flexibility index (Phi) is 4.78. The van der Waals surface area contributed by atoms with Crippen molar-refractivity contribution in [1.29, 1.82) is 0 Å². The third-order valence-corrected chi connectivity index (χ3v) is 5.87. The van der Waals surface area contributed by atoms with Crippen LogP contribution in [0.2, 0.25) is 0 Å². The van der Waals surface area contributed by atoms with Crippen LogP contribution in [0.25, 0.3) is 0 Å². The number of benzene rings is 1. The number of amides is 3. The summed E-state index contributed by atoms with van der Waals surface area (Å²) in [5.41, 5.74) is 0.523. The largest absolute Gasteiger partial charge is 0.486 e. The van der Waals surface area contributed by atoms with Crippen LogP contribution in [0.3, 0.4) is 0 Å². The molecule has 0 radical (unpaired) electrons. The van der Waals surface area contributed by atoms with Gasteiger partial charge in [-0.1, -0.05) is 11.8 Å². The Morgan fingerprint density at radius 1 is 1.10 bits per heavy atom. The normalized spacial score (nSPS) is 17.7. The molecule has 0 atom stereocenters. The fourth-order valence-electron chi connectivity index (χ4n) is 3.26.